The molecule has 1 aliphatic carbocycles. The average molecular weight is 343 g/mol. The van der Waals surface area contributed by atoms with Crippen LogP contribution in [0.2, 0.25) is 0 Å². The van der Waals surface area contributed by atoms with E-state index in [1.54, 1.807) is 6.07 Å². The molecule has 0 heterocycles. The van der Waals surface area contributed by atoms with Gasteiger partial charge in [0.2, 0.25) is 0 Å². The van der Waals surface area contributed by atoms with Crippen molar-refractivity contribution in [3.05, 3.63) is 34.1 Å². The monoisotopic (exact) mass is 342 g/mol. The number of benzene rings is 1. The first-order valence-electron chi connectivity index (χ1n) is 7.14. The molecule has 1 saturated carbocycles. The number of carboxylic acid groups (broad SMARTS) is 1. The van der Waals surface area contributed by atoms with Crippen LogP contribution in [0.25, 0.3) is 0 Å². The van der Waals surface area contributed by atoms with Crippen LogP contribution in [0.4, 0.5) is 4.39 Å². The summed E-state index contributed by atoms with van der Waals surface area (Å²) in [5, 5.41) is 9.67. The molecule has 1 aromatic carbocycles. The normalized spacial score (nSPS) is 26.4. The van der Waals surface area contributed by atoms with Crippen molar-refractivity contribution < 1.29 is 14.3 Å². The van der Waals surface area contributed by atoms with E-state index in [4.69, 9.17) is 0 Å². The smallest absolute Gasteiger partial charge is 0.309 e. The maximum absolute atomic E-state index is 13.1. The molecule has 0 aromatic heterocycles. The average Bonchev–Trinajstić information content (AvgIpc) is 2.42. The zero-order valence-corrected chi connectivity index (χ0v) is 13.2. The van der Waals surface area contributed by atoms with Crippen molar-refractivity contribution in [2.75, 3.05) is 0 Å². The van der Waals surface area contributed by atoms with Crippen molar-refractivity contribution in [3.63, 3.8) is 0 Å². The van der Waals surface area contributed by atoms with Gasteiger partial charge < -0.3 is 5.11 Å². The van der Waals surface area contributed by atoms with Gasteiger partial charge in [0, 0.05) is 4.47 Å². The van der Waals surface area contributed by atoms with E-state index < -0.39 is 11.4 Å². The second kappa shape index (κ2) is 6.25. The van der Waals surface area contributed by atoms with Crippen LogP contribution in [0.15, 0.2) is 22.7 Å². The van der Waals surface area contributed by atoms with Gasteiger partial charge in [-0.15, -0.1) is 0 Å². The van der Waals surface area contributed by atoms with Crippen LogP contribution in [0.5, 0.6) is 0 Å². The molecule has 2 rings (SSSR count). The summed E-state index contributed by atoms with van der Waals surface area (Å²) in [7, 11) is 0. The Labute approximate surface area is 127 Å². The minimum atomic E-state index is -0.719. The van der Waals surface area contributed by atoms with E-state index in [0.29, 0.717) is 29.7 Å². The topological polar surface area (TPSA) is 37.3 Å². The predicted octanol–water partition coefficient (Wildman–Crippen LogP) is 4.80. The number of carboxylic acids is 1. The number of carbonyl (C=O) groups is 1. The molecule has 1 aromatic rings. The molecule has 0 amide bonds. The number of hydrogen-bond acceptors (Lipinski definition) is 1. The van der Waals surface area contributed by atoms with Gasteiger partial charge in [0.25, 0.3) is 0 Å². The predicted molar refractivity (Wildman–Crippen MR) is 80.1 cm³/mol. The van der Waals surface area contributed by atoms with Crippen LogP contribution in [0, 0.1) is 17.2 Å². The lowest BCUT2D eigenvalue weighted by atomic mass is 9.67. The van der Waals surface area contributed by atoms with Crippen LogP contribution in [-0.2, 0) is 11.2 Å². The summed E-state index contributed by atoms with van der Waals surface area (Å²) in [5.74, 6) is -0.373. The Kier molecular flexibility index (Phi) is 4.84. The molecule has 4 heteroatoms. The van der Waals surface area contributed by atoms with Crippen molar-refractivity contribution in [2.45, 2.75) is 45.4 Å². The van der Waals surface area contributed by atoms with Gasteiger partial charge in [-0.3, -0.25) is 4.79 Å². The fourth-order valence-electron chi connectivity index (χ4n) is 3.13. The van der Waals surface area contributed by atoms with Gasteiger partial charge in [0.05, 0.1) is 5.41 Å². The molecule has 1 fully saturated rings. The molecule has 0 radical (unpaired) electrons. The highest BCUT2D eigenvalue weighted by molar-refractivity contribution is 9.10. The highest BCUT2D eigenvalue weighted by Crippen LogP contribution is 2.43. The largest absolute Gasteiger partial charge is 0.481 e. The first-order chi connectivity index (χ1) is 9.47. The lowest BCUT2D eigenvalue weighted by molar-refractivity contribution is -0.151. The Morgan fingerprint density at radius 2 is 2.10 bits per heavy atom. The van der Waals surface area contributed by atoms with Crippen LogP contribution in [-0.4, -0.2) is 11.1 Å². The Hall–Kier alpha value is -0.900. The van der Waals surface area contributed by atoms with Gasteiger partial charge in [-0.1, -0.05) is 35.3 Å². The van der Waals surface area contributed by atoms with Gasteiger partial charge >= 0.3 is 5.97 Å². The summed E-state index contributed by atoms with van der Waals surface area (Å²) in [6.45, 7) is 2.16. The standard InChI is InChI=1S/C16H20BrFO2/c1-2-11-5-7-16(8-6-11,15(19)20)10-12-3-4-13(18)9-14(12)17/h3-4,9,11H,2,5-8,10H2,1H3,(H,19,20). The minimum Gasteiger partial charge on any atom is -0.481 e. The van der Waals surface area contributed by atoms with Gasteiger partial charge in [-0.05, 0) is 55.7 Å². The van der Waals surface area contributed by atoms with Crippen LogP contribution >= 0.6 is 15.9 Å². The highest BCUT2D eigenvalue weighted by atomic mass is 79.9. The Morgan fingerprint density at radius 3 is 2.60 bits per heavy atom. The van der Waals surface area contributed by atoms with Gasteiger partial charge in [0.1, 0.15) is 5.82 Å². The second-order valence-electron chi connectivity index (χ2n) is 5.85. The van der Waals surface area contributed by atoms with E-state index in [-0.39, 0.29) is 5.82 Å². The summed E-state index contributed by atoms with van der Waals surface area (Å²) in [5.41, 5.74) is 0.190. The molecule has 0 aliphatic heterocycles. The zero-order valence-electron chi connectivity index (χ0n) is 11.7. The van der Waals surface area contributed by atoms with E-state index in [0.717, 1.165) is 24.8 Å². The summed E-state index contributed by atoms with van der Waals surface area (Å²) < 4.78 is 13.8. The third-order valence-electron chi connectivity index (χ3n) is 4.64. The Balaban J connectivity index is 2.20. The number of aliphatic carboxylic acids is 1. The zero-order chi connectivity index (χ0) is 14.8. The van der Waals surface area contributed by atoms with Crippen molar-refractivity contribution in [1.82, 2.24) is 0 Å². The van der Waals surface area contributed by atoms with Crippen LogP contribution in [0.3, 0.4) is 0 Å². The first kappa shape index (κ1) is 15.5. The third kappa shape index (κ3) is 3.22. The molecule has 1 aliphatic rings. The van der Waals surface area contributed by atoms with Crippen molar-refractivity contribution >= 4 is 21.9 Å². The van der Waals surface area contributed by atoms with E-state index in [1.165, 1.54) is 12.1 Å². The fourth-order valence-corrected chi connectivity index (χ4v) is 3.63. The summed E-state index contributed by atoms with van der Waals surface area (Å²) in [4.78, 5) is 11.8. The molecule has 110 valence electrons. The molecule has 20 heavy (non-hydrogen) atoms. The van der Waals surface area contributed by atoms with Gasteiger partial charge in [0.15, 0.2) is 0 Å². The maximum Gasteiger partial charge on any atom is 0.309 e. The number of rotatable bonds is 4. The highest BCUT2D eigenvalue weighted by Gasteiger charge is 2.41. The van der Waals surface area contributed by atoms with Gasteiger partial charge in [-0.25, -0.2) is 4.39 Å². The molecule has 0 bridgehead atoms. The van der Waals surface area contributed by atoms with Crippen molar-refractivity contribution in [2.24, 2.45) is 11.3 Å². The molecule has 0 saturated heterocycles. The Bertz CT molecular complexity index is 493. The molecule has 0 unspecified atom stereocenters. The molecule has 0 spiro atoms. The maximum atomic E-state index is 13.1. The van der Waals surface area contributed by atoms with Crippen molar-refractivity contribution in [3.8, 4) is 0 Å². The third-order valence-corrected chi connectivity index (χ3v) is 5.38. The van der Waals surface area contributed by atoms with Gasteiger partial charge in [-0.2, -0.15) is 0 Å². The van der Waals surface area contributed by atoms with Crippen LogP contribution < -0.4 is 0 Å². The second-order valence-corrected chi connectivity index (χ2v) is 6.70. The minimum absolute atomic E-state index is 0.306. The molecule has 2 nitrogen and oxygen atoms in total. The lowest BCUT2D eigenvalue weighted by Crippen LogP contribution is -2.37. The van der Waals surface area contributed by atoms with Crippen molar-refractivity contribution in [1.29, 1.82) is 0 Å². The van der Waals surface area contributed by atoms with E-state index in [1.807, 2.05) is 0 Å². The summed E-state index contributed by atoms with van der Waals surface area (Å²) >= 11 is 3.34. The Morgan fingerprint density at radius 1 is 1.45 bits per heavy atom. The van der Waals surface area contributed by atoms with E-state index >= 15 is 0 Å². The molecular formula is C16H20BrFO2. The van der Waals surface area contributed by atoms with E-state index in [2.05, 4.69) is 22.9 Å². The SMILES string of the molecule is CCC1CCC(Cc2ccc(F)cc2Br)(C(=O)O)CC1. The lowest BCUT2D eigenvalue weighted by Gasteiger charge is -2.37. The quantitative estimate of drug-likeness (QED) is 0.852. The first-order valence-corrected chi connectivity index (χ1v) is 7.93. The van der Waals surface area contributed by atoms with E-state index in [9.17, 15) is 14.3 Å². The molecule has 0 atom stereocenters. The fraction of sp³-hybridized carbons (Fsp3) is 0.562. The number of halogens is 2. The molecular weight excluding hydrogens is 323 g/mol. The van der Waals surface area contributed by atoms with Crippen LogP contribution in [0.1, 0.15) is 44.6 Å². The number of hydrogen-bond donors (Lipinski definition) is 1. The summed E-state index contributed by atoms with van der Waals surface area (Å²) in [6.07, 6.45) is 4.97. The molecule has 1 N–H and O–H groups in total. The summed E-state index contributed by atoms with van der Waals surface area (Å²) in [6, 6.07) is 4.49.